The molecule has 1 atom stereocenters. The van der Waals surface area contributed by atoms with Crippen LogP contribution in [0.15, 0.2) is 23.8 Å². The molecule has 2 aliphatic rings. The monoisotopic (exact) mass is 262 g/mol. The Bertz CT molecular complexity index is 507. The Kier molecular flexibility index (Phi) is 3.34. The molecule has 1 aliphatic carbocycles. The molecule has 0 bridgehead atoms. The van der Waals surface area contributed by atoms with Gasteiger partial charge in [-0.15, -0.1) is 0 Å². The molecule has 4 nitrogen and oxygen atoms in total. The molecule has 1 N–H and O–H groups in total. The zero-order valence-electron chi connectivity index (χ0n) is 11.0. The molecule has 19 heavy (non-hydrogen) atoms. The number of hydrogen-bond acceptors (Lipinski definition) is 4. The number of hydrogen-bond donors (Lipinski definition) is 1. The molecule has 1 aromatic rings. The van der Waals surface area contributed by atoms with Crippen LogP contribution in [0.1, 0.15) is 37.4 Å². The number of methoxy groups -OCH3 is 1. The van der Waals surface area contributed by atoms with Crippen molar-refractivity contribution in [2.45, 2.75) is 31.8 Å². The zero-order valence-corrected chi connectivity index (χ0v) is 11.0. The molecule has 0 radical (unpaired) electrons. The predicted octanol–water partition coefficient (Wildman–Crippen LogP) is 2.96. The summed E-state index contributed by atoms with van der Waals surface area (Å²) in [7, 11) is 1.59. The SMILES string of the molecule is COc1cc(C(O)C2=CCCCC2)cc2c1OCO2. The van der Waals surface area contributed by atoms with Gasteiger partial charge >= 0.3 is 0 Å². The highest BCUT2D eigenvalue weighted by Gasteiger charge is 2.24. The minimum atomic E-state index is -0.580. The van der Waals surface area contributed by atoms with E-state index in [-0.39, 0.29) is 6.79 Å². The molecule has 0 saturated carbocycles. The van der Waals surface area contributed by atoms with E-state index in [4.69, 9.17) is 14.2 Å². The molecule has 4 heteroatoms. The average Bonchev–Trinajstić information content (AvgIpc) is 2.94. The van der Waals surface area contributed by atoms with Crippen LogP contribution in [0.5, 0.6) is 17.2 Å². The van der Waals surface area contributed by atoms with Crippen molar-refractivity contribution >= 4 is 0 Å². The second-order valence-corrected chi connectivity index (χ2v) is 4.88. The molecule has 0 saturated heterocycles. The van der Waals surface area contributed by atoms with Gasteiger partial charge in [0.15, 0.2) is 11.5 Å². The van der Waals surface area contributed by atoms with Crippen molar-refractivity contribution in [2.75, 3.05) is 13.9 Å². The van der Waals surface area contributed by atoms with E-state index in [1.165, 1.54) is 6.42 Å². The van der Waals surface area contributed by atoms with Gasteiger partial charge in [-0.3, -0.25) is 0 Å². The average molecular weight is 262 g/mol. The van der Waals surface area contributed by atoms with Gasteiger partial charge in [-0.25, -0.2) is 0 Å². The highest BCUT2D eigenvalue weighted by atomic mass is 16.7. The van der Waals surface area contributed by atoms with E-state index in [1.807, 2.05) is 12.1 Å². The van der Waals surface area contributed by atoms with E-state index < -0.39 is 6.10 Å². The first-order valence-corrected chi connectivity index (χ1v) is 6.64. The number of aliphatic hydroxyl groups excluding tert-OH is 1. The Balaban J connectivity index is 1.94. The summed E-state index contributed by atoms with van der Waals surface area (Å²) in [6.07, 6.45) is 5.92. The van der Waals surface area contributed by atoms with E-state index in [0.717, 1.165) is 30.4 Å². The fourth-order valence-electron chi connectivity index (χ4n) is 2.63. The maximum Gasteiger partial charge on any atom is 0.231 e. The molecular weight excluding hydrogens is 244 g/mol. The molecule has 1 unspecified atom stereocenters. The first-order valence-electron chi connectivity index (χ1n) is 6.64. The fraction of sp³-hybridized carbons (Fsp3) is 0.467. The summed E-state index contributed by atoms with van der Waals surface area (Å²) in [5, 5.41) is 10.5. The summed E-state index contributed by atoms with van der Waals surface area (Å²) >= 11 is 0. The highest BCUT2D eigenvalue weighted by Crippen LogP contribution is 2.44. The summed E-state index contributed by atoms with van der Waals surface area (Å²) in [4.78, 5) is 0. The fourth-order valence-corrected chi connectivity index (χ4v) is 2.63. The molecule has 0 spiro atoms. The van der Waals surface area contributed by atoms with Crippen LogP contribution in [0.4, 0.5) is 0 Å². The Labute approximate surface area is 112 Å². The molecule has 0 fully saturated rings. The molecule has 1 aromatic carbocycles. The van der Waals surface area contributed by atoms with Gasteiger partial charge in [0.05, 0.1) is 7.11 Å². The lowest BCUT2D eigenvalue weighted by Gasteiger charge is -2.19. The summed E-state index contributed by atoms with van der Waals surface area (Å²) in [6, 6.07) is 3.67. The Morgan fingerprint density at radius 2 is 2.16 bits per heavy atom. The van der Waals surface area contributed by atoms with Gasteiger partial charge in [-0.1, -0.05) is 6.08 Å². The zero-order chi connectivity index (χ0) is 13.2. The third kappa shape index (κ3) is 2.28. The van der Waals surface area contributed by atoms with Crippen molar-refractivity contribution in [3.63, 3.8) is 0 Å². The molecule has 102 valence electrons. The summed E-state index contributed by atoms with van der Waals surface area (Å²) in [5.41, 5.74) is 1.89. The van der Waals surface area contributed by atoms with Crippen LogP contribution >= 0.6 is 0 Å². The summed E-state index contributed by atoms with van der Waals surface area (Å²) in [5.74, 6) is 1.88. The van der Waals surface area contributed by atoms with E-state index in [1.54, 1.807) is 7.11 Å². The topological polar surface area (TPSA) is 47.9 Å². The van der Waals surface area contributed by atoms with Crippen molar-refractivity contribution in [1.82, 2.24) is 0 Å². The van der Waals surface area contributed by atoms with Gasteiger partial charge in [0.2, 0.25) is 12.5 Å². The van der Waals surface area contributed by atoms with Gasteiger partial charge in [-0.2, -0.15) is 0 Å². The Morgan fingerprint density at radius 1 is 1.26 bits per heavy atom. The normalized spacial score (nSPS) is 18.9. The third-order valence-electron chi connectivity index (χ3n) is 3.67. The van der Waals surface area contributed by atoms with Crippen molar-refractivity contribution in [3.05, 3.63) is 29.3 Å². The van der Waals surface area contributed by atoms with Crippen LogP contribution in [0, 0.1) is 0 Å². The second-order valence-electron chi connectivity index (χ2n) is 4.88. The number of rotatable bonds is 3. The van der Waals surface area contributed by atoms with Crippen LogP contribution in [0.2, 0.25) is 0 Å². The summed E-state index contributed by atoms with van der Waals surface area (Å²) in [6.45, 7) is 0.202. The van der Waals surface area contributed by atoms with Gasteiger partial charge in [0.25, 0.3) is 0 Å². The quantitative estimate of drug-likeness (QED) is 0.851. The second kappa shape index (κ2) is 5.13. The van der Waals surface area contributed by atoms with Crippen LogP contribution < -0.4 is 14.2 Å². The molecule has 1 aliphatic heterocycles. The lowest BCUT2D eigenvalue weighted by Crippen LogP contribution is -2.05. The van der Waals surface area contributed by atoms with Crippen LogP contribution in [-0.4, -0.2) is 19.0 Å². The Hall–Kier alpha value is -1.68. The van der Waals surface area contributed by atoms with E-state index in [0.29, 0.717) is 17.2 Å². The minimum Gasteiger partial charge on any atom is -0.493 e. The highest BCUT2D eigenvalue weighted by molar-refractivity contribution is 5.56. The van der Waals surface area contributed by atoms with E-state index >= 15 is 0 Å². The maximum absolute atomic E-state index is 10.5. The van der Waals surface area contributed by atoms with E-state index in [9.17, 15) is 5.11 Å². The summed E-state index contributed by atoms with van der Waals surface area (Å²) < 4.78 is 16.0. The first kappa shape index (κ1) is 12.4. The predicted molar refractivity (Wildman–Crippen MR) is 70.6 cm³/mol. The van der Waals surface area contributed by atoms with Crippen LogP contribution in [-0.2, 0) is 0 Å². The van der Waals surface area contributed by atoms with Gasteiger partial charge in [0.1, 0.15) is 6.10 Å². The minimum absolute atomic E-state index is 0.202. The third-order valence-corrected chi connectivity index (χ3v) is 3.67. The molecule has 3 rings (SSSR count). The number of fused-ring (bicyclic) bond motifs is 1. The largest absolute Gasteiger partial charge is 0.493 e. The molecule has 1 heterocycles. The van der Waals surface area contributed by atoms with Gasteiger partial charge in [0, 0.05) is 0 Å². The smallest absolute Gasteiger partial charge is 0.231 e. The maximum atomic E-state index is 10.5. The van der Waals surface area contributed by atoms with Gasteiger partial charge < -0.3 is 19.3 Å². The van der Waals surface area contributed by atoms with Gasteiger partial charge in [-0.05, 0) is 49.0 Å². The van der Waals surface area contributed by atoms with Crippen LogP contribution in [0.3, 0.4) is 0 Å². The van der Waals surface area contributed by atoms with Crippen molar-refractivity contribution in [3.8, 4) is 17.2 Å². The molecular formula is C15H18O4. The standard InChI is InChI=1S/C15H18O4/c1-17-12-7-11(8-13-15(12)19-9-18-13)14(16)10-5-3-2-4-6-10/h5,7-8,14,16H,2-4,6,9H2,1H3. The lowest BCUT2D eigenvalue weighted by atomic mass is 9.91. The molecule has 0 amide bonds. The first-order chi connectivity index (χ1) is 9.29. The van der Waals surface area contributed by atoms with Crippen molar-refractivity contribution in [1.29, 1.82) is 0 Å². The van der Waals surface area contributed by atoms with E-state index in [2.05, 4.69) is 6.08 Å². The number of aliphatic hydroxyl groups is 1. The number of ether oxygens (including phenoxy) is 3. The number of benzene rings is 1. The van der Waals surface area contributed by atoms with Crippen LogP contribution in [0.25, 0.3) is 0 Å². The van der Waals surface area contributed by atoms with Crippen molar-refractivity contribution < 1.29 is 19.3 Å². The molecule has 0 aromatic heterocycles. The van der Waals surface area contributed by atoms with Crippen molar-refractivity contribution in [2.24, 2.45) is 0 Å². The lowest BCUT2D eigenvalue weighted by molar-refractivity contribution is 0.171. The number of allylic oxidation sites excluding steroid dienone is 1. The Morgan fingerprint density at radius 3 is 2.89 bits per heavy atom.